The van der Waals surface area contributed by atoms with Gasteiger partial charge >= 0.3 is 5.97 Å². The van der Waals surface area contributed by atoms with Crippen LogP contribution < -0.4 is 0 Å². The van der Waals surface area contributed by atoms with Crippen LogP contribution >= 0.6 is 11.3 Å². The fraction of sp³-hybridized carbons (Fsp3) is 0.667. The molecule has 112 valence electrons. The van der Waals surface area contributed by atoms with Crippen LogP contribution in [0.2, 0.25) is 0 Å². The molecule has 1 atom stereocenters. The summed E-state index contributed by atoms with van der Waals surface area (Å²) in [4.78, 5) is 15.0. The predicted octanol–water partition coefficient (Wildman–Crippen LogP) is 2.57. The second-order valence-electron chi connectivity index (χ2n) is 5.68. The van der Waals surface area contributed by atoms with Gasteiger partial charge < -0.3 is 9.47 Å². The lowest BCUT2D eigenvalue weighted by Crippen LogP contribution is -2.45. The number of morpholine rings is 1. The van der Waals surface area contributed by atoms with Crippen LogP contribution in [-0.4, -0.2) is 49.8 Å². The number of hydrogen-bond donors (Lipinski definition) is 0. The van der Waals surface area contributed by atoms with Gasteiger partial charge in [-0.15, -0.1) is 11.3 Å². The van der Waals surface area contributed by atoms with Crippen LogP contribution in [0.15, 0.2) is 11.4 Å². The molecule has 0 aliphatic carbocycles. The summed E-state index contributed by atoms with van der Waals surface area (Å²) < 4.78 is 11.1. The van der Waals surface area contributed by atoms with Crippen molar-refractivity contribution in [2.24, 2.45) is 5.92 Å². The summed E-state index contributed by atoms with van der Waals surface area (Å²) in [5.74, 6) is 0.409. The van der Waals surface area contributed by atoms with Gasteiger partial charge in [0.1, 0.15) is 17.6 Å². The molecule has 0 N–H and O–H groups in total. The molecule has 1 saturated heterocycles. The first-order valence-corrected chi connectivity index (χ1v) is 7.99. The van der Waals surface area contributed by atoms with E-state index in [9.17, 15) is 4.79 Å². The zero-order valence-electron chi connectivity index (χ0n) is 12.4. The maximum atomic E-state index is 11.9. The molecule has 1 aliphatic rings. The van der Waals surface area contributed by atoms with E-state index in [1.54, 1.807) is 0 Å². The average molecular weight is 297 g/mol. The third-order valence-corrected chi connectivity index (χ3v) is 4.29. The predicted molar refractivity (Wildman–Crippen MR) is 80.4 cm³/mol. The van der Waals surface area contributed by atoms with Gasteiger partial charge in [0.25, 0.3) is 0 Å². The molecule has 4 nitrogen and oxygen atoms in total. The number of esters is 1. The second-order valence-corrected chi connectivity index (χ2v) is 6.59. The van der Waals surface area contributed by atoms with Gasteiger partial charge in [0, 0.05) is 19.6 Å². The Labute approximate surface area is 124 Å². The second kappa shape index (κ2) is 7.20. The Balaban J connectivity index is 1.79. The summed E-state index contributed by atoms with van der Waals surface area (Å²) in [6.07, 6.45) is -0.00767. The Morgan fingerprint density at radius 2 is 2.40 bits per heavy atom. The number of hydrogen-bond acceptors (Lipinski definition) is 5. The standard InChI is InChI=1S/C15H23NO3S/c1-11(2)8-16-5-6-18-13(9-16)10-19-15(17)14-12(3)4-7-20-14/h4,7,11,13H,5-6,8-10H2,1-3H3. The number of rotatable bonds is 5. The highest BCUT2D eigenvalue weighted by Gasteiger charge is 2.23. The van der Waals surface area contributed by atoms with Gasteiger partial charge in [-0.3, -0.25) is 4.90 Å². The highest BCUT2D eigenvalue weighted by atomic mass is 32.1. The molecule has 0 bridgehead atoms. The van der Waals surface area contributed by atoms with E-state index in [0.29, 0.717) is 24.0 Å². The highest BCUT2D eigenvalue weighted by molar-refractivity contribution is 7.12. The SMILES string of the molecule is Cc1ccsc1C(=O)OCC1CN(CC(C)C)CCO1. The Morgan fingerprint density at radius 3 is 3.05 bits per heavy atom. The highest BCUT2D eigenvalue weighted by Crippen LogP contribution is 2.17. The molecule has 2 heterocycles. The van der Waals surface area contributed by atoms with Crippen molar-refractivity contribution in [3.05, 3.63) is 21.9 Å². The van der Waals surface area contributed by atoms with Crippen molar-refractivity contribution in [1.29, 1.82) is 0 Å². The maximum Gasteiger partial charge on any atom is 0.348 e. The van der Waals surface area contributed by atoms with Crippen molar-refractivity contribution >= 4 is 17.3 Å². The van der Waals surface area contributed by atoms with E-state index < -0.39 is 0 Å². The van der Waals surface area contributed by atoms with E-state index >= 15 is 0 Å². The van der Waals surface area contributed by atoms with E-state index in [1.165, 1.54) is 11.3 Å². The molecule has 0 amide bonds. The molecule has 2 rings (SSSR count). The maximum absolute atomic E-state index is 11.9. The third kappa shape index (κ3) is 4.30. The van der Waals surface area contributed by atoms with Gasteiger partial charge in [0.2, 0.25) is 0 Å². The molecule has 0 aromatic carbocycles. The van der Waals surface area contributed by atoms with E-state index in [-0.39, 0.29) is 12.1 Å². The fourth-order valence-corrected chi connectivity index (χ4v) is 3.20. The normalized spacial score (nSPS) is 20.3. The summed E-state index contributed by atoms with van der Waals surface area (Å²) in [7, 11) is 0. The van der Waals surface area contributed by atoms with Crippen LogP contribution in [0.3, 0.4) is 0 Å². The minimum Gasteiger partial charge on any atom is -0.459 e. The minimum absolute atomic E-state index is 0.00767. The number of ether oxygens (including phenoxy) is 2. The van der Waals surface area contributed by atoms with Crippen molar-refractivity contribution in [2.45, 2.75) is 26.9 Å². The molecule has 0 radical (unpaired) electrons. The van der Waals surface area contributed by atoms with Crippen molar-refractivity contribution < 1.29 is 14.3 Å². The summed E-state index contributed by atoms with van der Waals surface area (Å²) >= 11 is 1.43. The molecule has 0 spiro atoms. The molecule has 0 saturated carbocycles. The first kappa shape index (κ1) is 15.5. The van der Waals surface area contributed by atoms with Crippen LogP contribution in [0.5, 0.6) is 0 Å². The van der Waals surface area contributed by atoms with Crippen LogP contribution in [0.4, 0.5) is 0 Å². The topological polar surface area (TPSA) is 38.8 Å². The molecule has 20 heavy (non-hydrogen) atoms. The zero-order valence-corrected chi connectivity index (χ0v) is 13.2. The Morgan fingerprint density at radius 1 is 1.60 bits per heavy atom. The molecule has 5 heteroatoms. The van der Waals surface area contributed by atoms with Crippen molar-refractivity contribution in [3.8, 4) is 0 Å². The summed E-state index contributed by atoms with van der Waals surface area (Å²) in [5, 5.41) is 1.91. The summed E-state index contributed by atoms with van der Waals surface area (Å²) in [6, 6.07) is 1.93. The lowest BCUT2D eigenvalue weighted by Gasteiger charge is -2.33. The molecular formula is C15H23NO3S. The first-order valence-electron chi connectivity index (χ1n) is 7.11. The quantitative estimate of drug-likeness (QED) is 0.783. The van der Waals surface area contributed by atoms with Gasteiger partial charge in [-0.25, -0.2) is 4.79 Å². The molecule has 1 aliphatic heterocycles. The van der Waals surface area contributed by atoms with E-state index in [4.69, 9.17) is 9.47 Å². The molecular weight excluding hydrogens is 274 g/mol. The smallest absolute Gasteiger partial charge is 0.348 e. The summed E-state index contributed by atoms with van der Waals surface area (Å²) in [5.41, 5.74) is 0.978. The summed E-state index contributed by atoms with van der Waals surface area (Å²) in [6.45, 7) is 10.3. The largest absolute Gasteiger partial charge is 0.459 e. The number of nitrogens with zero attached hydrogens (tertiary/aromatic N) is 1. The van der Waals surface area contributed by atoms with Crippen LogP contribution in [-0.2, 0) is 9.47 Å². The molecule has 1 unspecified atom stereocenters. The van der Waals surface area contributed by atoms with Gasteiger partial charge in [-0.2, -0.15) is 0 Å². The Bertz CT molecular complexity index is 444. The van der Waals surface area contributed by atoms with Crippen molar-refractivity contribution in [1.82, 2.24) is 4.90 Å². The van der Waals surface area contributed by atoms with Crippen LogP contribution in [0.25, 0.3) is 0 Å². The van der Waals surface area contributed by atoms with Gasteiger partial charge in [0.05, 0.1) is 6.61 Å². The van der Waals surface area contributed by atoms with E-state index in [0.717, 1.165) is 25.2 Å². The van der Waals surface area contributed by atoms with Crippen LogP contribution in [0.1, 0.15) is 29.1 Å². The third-order valence-electron chi connectivity index (χ3n) is 3.29. The molecule has 1 aromatic heterocycles. The zero-order chi connectivity index (χ0) is 14.5. The molecule has 1 aromatic rings. The fourth-order valence-electron chi connectivity index (χ4n) is 2.38. The first-order chi connectivity index (χ1) is 9.56. The van der Waals surface area contributed by atoms with Gasteiger partial charge in [-0.05, 0) is 29.9 Å². The van der Waals surface area contributed by atoms with Crippen molar-refractivity contribution in [3.63, 3.8) is 0 Å². The average Bonchev–Trinajstić information content (AvgIpc) is 2.82. The van der Waals surface area contributed by atoms with Gasteiger partial charge in [-0.1, -0.05) is 13.8 Å². The number of carbonyl (C=O) groups excluding carboxylic acids is 1. The molecule has 1 fully saturated rings. The lowest BCUT2D eigenvalue weighted by atomic mass is 10.2. The Kier molecular flexibility index (Phi) is 5.57. The van der Waals surface area contributed by atoms with Gasteiger partial charge in [0.15, 0.2) is 0 Å². The van der Waals surface area contributed by atoms with Crippen LogP contribution in [0, 0.1) is 12.8 Å². The monoisotopic (exact) mass is 297 g/mol. The Hall–Kier alpha value is -0.910. The van der Waals surface area contributed by atoms with E-state index in [2.05, 4.69) is 18.7 Å². The minimum atomic E-state index is -0.234. The number of aryl methyl sites for hydroxylation is 1. The lowest BCUT2D eigenvalue weighted by molar-refractivity contribution is -0.0611. The van der Waals surface area contributed by atoms with E-state index in [1.807, 2.05) is 18.4 Å². The number of thiophene rings is 1. The van der Waals surface area contributed by atoms with Crippen molar-refractivity contribution in [2.75, 3.05) is 32.8 Å². The number of carbonyl (C=O) groups is 1.